The number of thiocarbonyl (C=S) groups is 1. The summed E-state index contributed by atoms with van der Waals surface area (Å²) in [5.74, 6) is -0.280. The molecule has 6 nitrogen and oxygen atoms in total. The molecule has 0 fully saturated rings. The number of alkyl halides is 3. The van der Waals surface area contributed by atoms with Gasteiger partial charge in [-0.25, -0.2) is 4.98 Å². The van der Waals surface area contributed by atoms with E-state index in [4.69, 9.17) is 23.8 Å². The number of aromatic nitrogens is 2. The third kappa shape index (κ3) is 5.71. The standard InChI is InChI=1S/C26H17ClF3N5OS/c27-21-3-1-2-4-22(21)33-25(37)34-32-14-16-5-11-20-17(13-16)6-12-23-24(20)31-15-35(23)18-7-9-19(10-8-18)36-26(28,29)30/h1-4,6-15H,5H2,(H,33,37)/b16-14+,34-32?. The van der Waals surface area contributed by atoms with E-state index >= 15 is 0 Å². The monoisotopic (exact) mass is 539 g/mol. The van der Waals surface area contributed by atoms with Crippen LogP contribution in [0.5, 0.6) is 5.75 Å². The lowest BCUT2D eigenvalue weighted by molar-refractivity contribution is -0.274. The normalized spacial score (nSPS) is 14.3. The van der Waals surface area contributed by atoms with E-state index < -0.39 is 6.36 Å². The lowest BCUT2D eigenvalue weighted by atomic mass is 10.0. The molecular weight excluding hydrogens is 523 g/mol. The zero-order valence-corrected chi connectivity index (χ0v) is 20.5. The minimum Gasteiger partial charge on any atom is -0.406 e. The van der Waals surface area contributed by atoms with Crippen molar-refractivity contribution < 1.29 is 17.9 Å². The predicted molar refractivity (Wildman–Crippen MR) is 141 cm³/mol. The Morgan fingerprint density at radius 3 is 2.65 bits per heavy atom. The van der Waals surface area contributed by atoms with Gasteiger partial charge >= 0.3 is 6.36 Å². The number of anilines is 1. The third-order valence-electron chi connectivity index (χ3n) is 5.51. The lowest BCUT2D eigenvalue weighted by Crippen LogP contribution is -2.28. The van der Waals surface area contributed by atoms with E-state index in [1.807, 2.05) is 34.9 Å². The number of nitrogens with one attached hydrogen (secondary N) is 1. The Morgan fingerprint density at radius 2 is 1.89 bits per heavy atom. The molecule has 4 aromatic rings. The van der Waals surface area contributed by atoms with E-state index in [1.54, 1.807) is 36.8 Å². The van der Waals surface area contributed by atoms with Gasteiger partial charge in [-0.05, 0) is 78.0 Å². The second kappa shape index (κ2) is 10.2. The maximum absolute atomic E-state index is 12.4. The molecule has 0 unspecified atom stereocenters. The van der Waals surface area contributed by atoms with E-state index in [0.717, 1.165) is 27.0 Å². The topological polar surface area (TPSA) is 63.8 Å². The highest BCUT2D eigenvalue weighted by Gasteiger charge is 2.31. The van der Waals surface area contributed by atoms with Gasteiger partial charge in [-0.2, -0.15) is 5.11 Å². The van der Waals surface area contributed by atoms with Crippen LogP contribution in [0.1, 0.15) is 6.42 Å². The Bertz CT molecular complexity index is 1680. The van der Waals surface area contributed by atoms with Crippen LogP contribution in [-0.2, 0) is 0 Å². The highest BCUT2D eigenvalue weighted by atomic mass is 35.5. The Morgan fingerprint density at radius 1 is 1.11 bits per heavy atom. The Hall–Kier alpha value is -4.02. The summed E-state index contributed by atoms with van der Waals surface area (Å²) < 4.78 is 43.1. The largest absolute Gasteiger partial charge is 0.573 e. The van der Waals surface area contributed by atoms with Crippen LogP contribution in [0.15, 0.2) is 89.0 Å². The summed E-state index contributed by atoms with van der Waals surface area (Å²) in [6, 6.07) is 16.7. The van der Waals surface area contributed by atoms with Crippen molar-refractivity contribution >= 4 is 57.8 Å². The molecule has 0 saturated carbocycles. The number of rotatable bonds is 4. The minimum absolute atomic E-state index is 0.190. The van der Waals surface area contributed by atoms with Crippen LogP contribution in [0, 0.1) is 0 Å². The van der Waals surface area contributed by atoms with Gasteiger partial charge in [0.1, 0.15) is 12.1 Å². The Labute approximate surface area is 219 Å². The summed E-state index contributed by atoms with van der Waals surface area (Å²) in [6.45, 7) is 0. The maximum Gasteiger partial charge on any atom is 0.573 e. The number of allylic oxidation sites excluding steroid dienone is 1. The summed E-state index contributed by atoms with van der Waals surface area (Å²) in [6.07, 6.45) is 3.23. The molecule has 1 aliphatic rings. The number of halogens is 4. The average Bonchev–Trinajstić information content (AvgIpc) is 3.29. The molecule has 3 aromatic carbocycles. The highest BCUT2D eigenvalue weighted by Crippen LogP contribution is 2.25. The second-order valence-electron chi connectivity index (χ2n) is 7.97. The SMILES string of the molecule is FC(F)(F)Oc1ccc(-n2cnc3c4c(ccc32)=C/C(=C/N=NC(=S)Nc2ccccc2Cl)CC=4)cc1. The summed E-state index contributed by atoms with van der Waals surface area (Å²) in [7, 11) is 0. The van der Waals surface area contributed by atoms with Crippen molar-refractivity contribution in [1.29, 1.82) is 0 Å². The van der Waals surface area contributed by atoms with Gasteiger partial charge in [-0.15, -0.1) is 18.3 Å². The van der Waals surface area contributed by atoms with Crippen LogP contribution in [-0.4, -0.2) is 21.0 Å². The molecule has 1 N–H and O–H groups in total. The smallest absolute Gasteiger partial charge is 0.406 e. The molecular formula is C26H17ClF3N5OS. The second-order valence-corrected chi connectivity index (χ2v) is 8.77. The van der Waals surface area contributed by atoms with E-state index in [9.17, 15) is 13.2 Å². The van der Waals surface area contributed by atoms with Crippen molar-refractivity contribution in [3.63, 3.8) is 0 Å². The molecule has 0 bridgehead atoms. The fourth-order valence-electron chi connectivity index (χ4n) is 3.90. The molecule has 0 radical (unpaired) electrons. The van der Waals surface area contributed by atoms with Gasteiger partial charge in [0.2, 0.25) is 5.11 Å². The van der Waals surface area contributed by atoms with Crippen molar-refractivity contribution in [2.75, 3.05) is 5.32 Å². The van der Waals surface area contributed by atoms with Gasteiger partial charge < -0.3 is 10.1 Å². The summed E-state index contributed by atoms with van der Waals surface area (Å²) in [5, 5.41) is 13.7. The Kier molecular flexibility index (Phi) is 6.77. The molecule has 1 aromatic heterocycles. The molecule has 11 heteroatoms. The van der Waals surface area contributed by atoms with Crippen LogP contribution in [0.2, 0.25) is 5.02 Å². The van der Waals surface area contributed by atoms with Gasteiger partial charge in [0.25, 0.3) is 0 Å². The number of para-hydroxylation sites is 1. The number of benzene rings is 3. The van der Waals surface area contributed by atoms with Gasteiger partial charge in [0.05, 0.1) is 27.9 Å². The van der Waals surface area contributed by atoms with Gasteiger partial charge in [-0.3, -0.25) is 4.57 Å². The van der Waals surface area contributed by atoms with Crippen LogP contribution in [0.3, 0.4) is 0 Å². The number of azo groups is 1. The number of imidazole rings is 1. The summed E-state index contributed by atoms with van der Waals surface area (Å²) >= 11 is 11.3. The molecule has 37 heavy (non-hydrogen) atoms. The van der Waals surface area contributed by atoms with E-state index in [0.29, 0.717) is 22.8 Å². The van der Waals surface area contributed by atoms with E-state index in [-0.39, 0.29) is 10.9 Å². The fourth-order valence-corrected chi connectivity index (χ4v) is 4.24. The first kappa shape index (κ1) is 24.7. The van der Waals surface area contributed by atoms with Crippen molar-refractivity contribution in [1.82, 2.24) is 9.55 Å². The van der Waals surface area contributed by atoms with Crippen molar-refractivity contribution in [3.05, 3.63) is 94.2 Å². The van der Waals surface area contributed by atoms with Crippen molar-refractivity contribution in [2.45, 2.75) is 12.8 Å². The highest BCUT2D eigenvalue weighted by molar-refractivity contribution is 7.80. The first-order valence-electron chi connectivity index (χ1n) is 11.0. The number of ether oxygens (including phenoxy) is 1. The van der Waals surface area contributed by atoms with Crippen LogP contribution in [0.4, 0.5) is 18.9 Å². The van der Waals surface area contributed by atoms with Gasteiger partial charge in [0, 0.05) is 10.9 Å². The molecule has 1 aliphatic carbocycles. The predicted octanol–water partition coefficient (Wildman–Crippen LogP) is 6.28. The first-order chi connectivity index (χ1) is 17.8. The summed E-state index contributed by atoms with van der Waals surface area (Å²) in [4.78, 5) is 4.55. The number of nitrogens with zero attached hydrogens (tertiary/aromatic N) is 4. The third-order valence-corrected chi connectivity index (χ3v) is 6.02. The molecule has 1 heterocycles. The fraction of sp³-hybridized carbons (Fsp3) is 0.0769. The van der Waals surface area contributed by atoms with Crippen LogP contribution < -0.4 is 20.5 Å². The van der Waals surface area contributed by atoms with Crippen LogP contribution >= 0.6 is 23.8 Å². The molecule has 0 saturated heterocycles. The zero-order valence-electron chi connectivity index (χ0n) is 18.9. The number of hydrogen-bond acceptors (Lipinski definition) is 4. The van der Waals surface area contributed by atoms with Gasteiger partial charge in [-0.1, -0.05) is 35.9 Å². The Balaban J connectivity index is 1.35. The lowest BCUT2D eigenvalue weighted by Gasteiger charge is -2.10. The van der Waals surface area contributed by atoms with E-state index in [2.05, 4.69) is 31.3 Å². The molecule has 0 amide bonds. The molecule has 0 spiro atoms. The van der Waals surface area contributed by atoms with Gasteiger partial charge in [0.15, 0.2) is 0 Å². The van der Waals surface area contributed by atoms with E-state index in [1.165, 1.54) is 12.1 Å². The molecule has 0 atom stereocenters. The van der Waals surface area contributed by atoms with Crippen molar-refractivity contribution in [2.24, 2.45) is 10.2 Å². The number of fused-ring (bicyclic) bond motifs is 3. The maximum atomic E-state index is 12.4. The molecule has 186 valence electrons. The first-order valence-corrected chi connectivity index (χ1v) is 11.7. The zero-order chi connectivity index (χ0) is 26.0. The quantitative estimate of drug-likeness (QED) is 0.245. The van der Waals surface area contributed by atoms with Crippen molar-refractivity contribution in [3.8, 4) is 11.4 Å². The molecule has 0 aliphatic heterocycles. The molecule has 5 rings (SSSR count). The van der Waals surface area contributed by atoms with Crippen LogP contribution in [0.25, 0.3) is 28.9 Å². The summed E-state index contributed by atoms with van der Waals surface area (Å²) in [5.41, 5.74) is 3.88. The number of hydrogen-bond donors (Lipinski definition) is 1. The minimum atomic E-state index is -4.73. The average molecular weight is 540 g/mol.